The number of methoxy groups -OCH3 is 1. The number of unbranched alkanes of at least 4 members (excludes halogenated alkanes) is 2. The van der Waals surface area contributed by atoms with Crippen LogP contribution in [0.25, 0.3) is 0 Å². The fourth-order valence-electron chi connectivity index (χ4n) is 4.23. The molecule has 0 bridgehead atoms. The van der Waals surface area contributed by atoms with E-state index in [1.54, 1.807) is 12.0 Å². The summed E-state index contributed by atoms with van der Waals surface area (Å²) in [6.45, 7) is 3.12. The zero-order valence-corrected chi connectivity index (χ0v) is 21.5. The smallest absolute Gasteiger partial charge is 0.243 e. The van der Waals surface area contributed by atoms with Gasteiger partial charge in [-0.3, -0.25) is 9.59 Å². The van der Waals surface area contributed by atoms with Crippen molar-refractivity contribution in [3.8, 4) is 5.75 Å². The van der Waals surface area contributed by atoms with E-state index in [-0.39, 0.29) is 11.8 Å². The van der Waals surface area contributed by atoms with Crippen molar-refractivity contribution in [1.82, 2.24) is 10.2 Å². The van der Waals surface area contributed by atoms with Crippen molar-refractivity contribution >= 4 is 11.8 Å². The quantitative estimate of drug-likeness (QED) is 0.303. The maximum Gasteiger partial charge on any atom is 0.243 e. The highest BCUT2D eigenvalue weighted by atomic mass is 16.5. The van der Waals surface area contributed by atoms with E-state index >= 15 is 0 Å². The van der Waals surface area contributed by atoms with Gasteiger partial charge in [-0.2, -0.15) is 0 Å². The molecule has 0 aliphatic carbocycles. The number of nitrogens with one attached hydrogen (secondary N) is 1. The van der Waals surface area contributed by atoms with Crippen molar-refractivity contribution < 1.29 is 14.3 Å². The van der Waals surface area contributed by atoms with Gasteiger partial charge in [0.25, 0.3) is 0 Å². The van der Waals surface area contributed by atoms with Gasteiger partial charge in [-0.15, -0.1) is 0 Å². The van der Waals surface area contributed by atoms with Crippen LogP contribution in [0.5, 0.6) is 5.75 Å². The first-order valence-corrected chi connectivity index (χ1v) is 12.9. The van der Waals surface area contributed by atoms with E-state index in [0.29, 0.717) is 32.4 Å². The summed E-state index contributed by atoms with van der Waals surface area (Å²) in [4.78, 5) is 28.9. The van der Waals surface area contributed by atoms with E-state index in [2.05, 4.69) is 12.2 Å². The average Bonchev–Trinajstić information content (AvgIpc) is 2.93. The highest BCUT2D eigenvalue weighted by Gasteiger charge is 2.30. The molecular formula is C31H38N2O3. The molecule has 1 N–H and O–H groups in total. The fraction of sp³-hybridized carbons (Fsp3) is 0.355. The molecule has 5 nitrogen and oxygen atoms in total. The Morgan fingerprint density at radius 1 is 0.833 bits per heavy atom. The van der Waals surface area contributed by atoms with Crippen molar-refractivity contribution in [2.45, 2.75) is 58.0 Å². The van der Waals surface area contributed by atoms with Gasteiger partial charge in [0, 0.05) is 25.9 Å². The van der Waals surface area contributed by atoms with Crippen LogP contribution in [0.2, 0.25) is 0 Å². The minimum Gasteiger partial charge on any atom is -0.497 e. The molecule has 3 aromatic carbocycles. The molecule has 3 aromatic rings. The Morgan fingerprint density at radius 3 is 2.08 bits per heavy atom. The topological polar surface area (TPSA) is 58.6 Å². The molecule has 190 valence electrons. The van der Waals surface area contributed by atoms with Crippen LogP contribution in [0.3, 0.4) is 0 Å². The molecular weight excluding hydrogens is 448 g/mol. The third-order valence-corrected chi connectivity index (χ3v) is 6.33. The number of ether oxygens (including phenoxy) is 1. The minimum atomic E-state index is -0.598. The molecule has 0 heterocycles. The van der Waals surface area contributed by atoms with Gasteiger partial charge in [0.1, 0.15) is 11.8 Å². The zero-order chi connectivity index (χ0) is 25.6. The van der Waals surface area contributed by atoms with E-state index in [9.17, 15) is 9.59 Å². The van der Waals surface area contributed by atoms with Crippen LogP contribution in [0.1, 0.15) is 49.3 Å². The fourth-order valence-corrected chi connectivity index (χ4v) is 4.23. The minimum absolute atomic E-state index is 0.0284. The number of carbonyl (C=O) groups excluding carboxylic acids is 2. The summed E-state index contributed by atoms with van der Waals surface area (Å²) in [6.07, 6.45) is 4.53. The summed E-state index contributed by atoms with van der Waals surface area (Å²) in [5.74, 6) is 0.631. The van der Waals surface area contributed by atoms with Crippen LogP contribution in [-0.4, -0.2) is 36.4 Å². The molecule has 0 aromatic heterocycles. The van der Waals surface area contributed by atoms with E-state index in [4.69, 9.17) is 4.74 Å². The highest BCUT2D eigenvalue weighted by molar-refractivity contribution is 5.88. The van der Waals surface area contributed by atoms with Crippen molar-refractivity contribution in [3.05, 3.63) is 102 Å². The van der Waals surface area contributed by atoms with Crippen LogP contribution < -0.4 is 10.1 Å². The standard InChI is InChI=1S/C31H38N2O3/c1-3-4-11-22-32-31(35)29(23-26-14-9-6-10-15-26)33(24-27-16-19-28(36-2)20-17-27)30(34)21-18-25-12-7-5-8-13-25/h5-10,12-17,19-20,29H,3-4,11,18,21-24H2,1-2H3,(H,32,35). The lowest BCUT2D eigenvalue weighted by atomic mass is 10.0. The predicted octanol–water partition coefficient (Wildman–Crippen LogP) is 5.57. The Bertz CT molecular complexity index is 1050. The number of carbonyl (C=O) groups is 2. The van der Waals surface area contributed by atoms with Gasteiger partial charge in [-0.25, -0.2) is 0 Å². The first-order chi connectivity index (χ1) is 17.6. The molecule has 0 saturated heterocycles. The second-order valence-corrected chi connectivity index (χ2v) is 9.06. The molecule has 5 heteroatoms. The first kappa shape index (κ1) is 27.0. The van der Waals surface area contributed by atoms with Crippen LogP contribution in [0.15, 0.2) is 84.9 Å². The van der Waals surface area contributed by atoms with Gasteiger partial charge in [0.2, 0.25) is 11.8 Å². The molecule has 2 amide bonds. The Hall–Kier alpha value is -3.60. The van der Waals surface area contributed by atoms with Gasteiger partial charge in [0.15, 0.2) is 0 Å². The largest absolute Gasteiger partial charge is 0.497 e. The lowest BCUT2D eigenvalue weighted by Gasteiger charge is -2.32. The Labute approximate surface area is 215 Å². The van der Waals surface area contributed by atoms with Crippen LogP contribution >= 0.6 is 0 Å². The van der Waals surface area contributed by atoms with Crippen molar-refractivity contribution in [2.24, 2.45) is 0 Å². The molecule has 36 heavy (non-hydrogen) atoms. The van der Waals surface area contributed by atoms with Crippen molar-refractivity contribution in [3.63, 3.8) is 0 Å². The molecule has 1 atom stereocenters. The van der Waals surface area contributed by atoms with Crippen LogP contribution in [-0.2, 0) is 29.0 Å². The molecule has 0 saturated carbocycles. The van der Waals surface area contributed by atoms with Crippen LogP contribution in [0, 0.1) is 0 Å². The van der Waals surface area contributed by atoms with Gasteiger partial charge in [-0.05, 0) is 41.7 Å². The number of benzene rings is 3. The highest BCUT2D eigenvalue weighted by Crippen LogP contribution is 2.19. The van der Waals surface area contributed by atoms with E-state index in [0.717, 1.165) is 41.7 Å². The molecule has 0 aliphatic heterocycles. The summed E-state index contributed by atoms with van der Waals surface area (Å²) >= 11 is 0. The maximum atomic E-state index is 13.7. The maximum absolute atomic E-state index is 13.7. The summed E-state index contributed by atoms with van der Waals surface area (Å²) < 4.78 is 5.29. The number of hydrogen-bond donors (Lipinski definition) is 1. The van der Waals surface area contributed by atoms with Gasteiger partial charge >= 0.3 is 0 Å². The van der Waals surface area contributed by atoms with Gasteiger partial charge < -0.3 is 15.0 Å². The lowest BCUT2D eigenvalue weighted by molar-refractivity contribution is -0.141. The lowest BCUT2D eigenvalue weighted by Crippen LogP contribution is -2.50. The number of rotatable bonds is 14. The number of hydrogen-bond acceptors (Lipinski definition) is 3. The Balaban J connectivity index is 1.86. The predicted molar refractivity (Wildman–Crippen MR) is 145 cm³/mol. The van der Waals surface area contributed by atoms with Crippen LogP contribution in [0.4, 0.5) is 0 Å². The summed E-state index contributed by atoms with van der Waals surface area (Å²) in [7, 11) is 1.63. The summed E-state index contributed by atoms with van der Waals surface area (Å²) in [6, 6.07) is 27.0. The third-order valence-electron chi connectivity index (χ3n) is 6.33. The Kier molecular flexibility index (Phi) is 11.0. The van der Waals surface area contributed by atoms with Gasteiger partial charge in [0.05, 0.1) is 7.11 Å². The summed E-state index contributed by atoms with van der Waals surface area (Å²) in [5, 5.41) is 3.10. The Morgan fingerprint density at radius 2 is 1.47 bits per heavy atom. The normalized spacial score (nSPS) is 11.5. The number of aryl methyl sites for hydroxylation is 1. The first-order valence-electron chi connectivity index (χ1n) is 12.9. The second kappa shape index (κ2) is 14.7. The summed E-state index contributed by atoms with van der Waals surface area (Å²) in [5.41, 5.74) is 3.10. The zero-order valence-electron chi connectivity index (χ0n) is 21.5. The molecule has 0 aliphatic rings. The SMILES string of the molecule is CCCCCNC(=O)C(Cc1ccccc1)N(Cc1ccc(OC)cc1)C(=O)CCc1ccccc1. The molecule has 0 spiro atoms. The number of amides is 2. The molecule has 0 fully saturated rings. The van der Waals surface area contributed by atoms with Gasteiger partial charge in [-0.1, -0.05) is 92.6 Å². The number of nitrogens with zero attached hydrogens (tertiary/aromatic N) is 1. The van der Waals surface area contributed by atoms with E-state index in [1.807, 2.05) is 84.9 Å². The van der Waals surface area contributed by atoms with Crippen molar-refractivity contribution in [1.29, 1.82) is 0 Å². The molecule has 1 unspecified atom stereocenters. The second-order valence-electron chi connectivity index (χ2n) is 9.06. The average molecular weight is 487 g/mol. The van der Waals surface area contributed by atoms with E-state index < -0.39 is 6.04 Å². The molecule has 0 radical (unpaired) electrons. The van der Waals surface area contributed by atoms with E-state index in [1.165, 1.54) is 0 Å². The molecule has 3 rings (SSSR count). The monoisotopic (exact) mass is 486 g/mol. The van der Waals surface area contributed by atoms with Crippen molar-refractivity contribution in [2.75, 3.05) is 13.7 Å². The third kappa shape index (κ3) is 8.56.